The van der Waals surface area contributed by atoms with Crippen LogP contribution in [0, 0.1) is 0 Å². The highest BCUT2D eigenvalue weighted by atomic mass is 32.2. The molecule has 2 heterocycles. The summed E-state index contributed by atoms with van der Waals surface area (Å²) < 4.78 is 38.2. The fourth-order valence-corrected chi connectivity index (χ4v) is 3.54. The Labute approximate surface area is 125 Å². The van der Waals surface area contributed by atoms with Crippen molar-refractivity contribution in [3.05, 3.63) is 24.5 Å². The van der Waals surface area contributed by atoms with Gasteiger partial charge >= 0.3 is 0 Å². The Bertz CT molecular complexity index is 538. The molecule has 0 saturated carbocycles. The van der Waals surface area contributed by atoms with Crippen molar-refractivity contribution in [1.29, 1.82) is 0 Å². The van der Waals surface area contributed by atoms with Gasteiger partial charge < -0.3 is 9.47 Å². The first-order valence-electron chi connectivity index (χ1n) is 6.81. The highest BCUT2D eigenvalue weighted by molar-refractivity contribution is 7.86. The van der Waals surface area contributed by atoms with Crippen LogP contribution in [0.25, 0.3) is 0 Å². The molecule has 7 nitrogen and oxygen atoms in total. The molecule has 0 spiro atoms. The van der Waals surface area contributed by atoms with Gasteiger partial charge in [-0.1, -0.05) is 0 Å². The van der Waals surface area contributed by atoms with Gasteiger partial charge in [-0.15, -0.1) is 0 Å². The van der Waals surface area contributed by atoms with Gasteiger partial charge in [0.15, 0.2) is 0 Å². The molecule has 2 rings (SSSR count). The van der Waals surface area contributed by atoms with Crippen LogP contribution in [0.15, 0.2) is 24.5 Å². The molecular formula is C13H21N3O4S. The summed E-state index contributed by atoms with van der Waals surface area (Å²) in [6.07, 6.45) is 3.83. The van der Waals surface area contributed by atoms with E-state index in [1.807, 2.05) is 6.07 Å². The summed E-state index contributed by atoms with van der Waals surface area (Å²) in [5, 5.41) is 0. The van der Waals surface area contributed by atoms with E-state index in [2.05, 4.69) is 4.98 Å². The summed E-state index contributed by atoms with van der Waals surface area (Å²) in [5.74, 6) is 0.662. The van der Waals surface area contributed by atoms with Gasteiger partial charge in [-0.05, 0) is 18.6 Å². The monoisotopic (exact) mass is 315 g/mol. The molecule has 1 fully saturated rings. The first kappa shape index (κ1) is 16.2. The van der Waals surface area contributed by atoms with Crippen LogP contribution < -0.4 is 4.74 Å². The maximum atomic E-state index is 12.4. The van der Waals surface area contributed by atoms with Gasteiger partial charge in [0.2, 0.25) is 0 Å². The Hall–Kier alpha value is -1.22. The van der Waals surface area contributed by atoms with Crippen LogP contribution in [-0.4, -0.2) is 68.5 Å². The van der Waals surface area contributed by atoms with Gasteiger partial charge in [-0.25, -0.2) is 0 Å². The third-order valence-electron chi connectivity index (χ3n) is 3.38. The van der Waals surface area contributed by atoms with E-state index in [0.717, 1.165) is 0 Å². The molecule has 0 aromatic carbocycles. The summed E-state index contributed by atoms with van der Waals surface area (Å²) in [6, 6.07) is 3.60. The fraction of sp³-hybridized carbons (Fsp3) is 0.615. The van der Waals surface area contributed by atoms with Gasteiger partial charge in [-0.3, -0.25) is 4.98 Å². The SMILES string of the molecule is COCCN(C)S(=O)(=O)N1CC[C@@H](Oc2cccnc2)C1. The molecule has 0 aliphatic carbocycles. The highest BCUT2D eigenvalue weighted by Gasteiger charge is 2.34. The molecule has 0 N–H and O–H groups in total. The molecule has 8 heteroatoms. The topological polar surface area (TPSA) is 72.0 Å². The zero-order valence-corrected chi connectivity index (χ0v) is 13.1. The number of hydrogen-bond donors (Lipinski definition) is 0. The van der Waals surface area contributed by atoms with Gasteiger partial charge in [0.05, 0.1) is 19.3 Å². The molecule has 1 aliphatic rings. The second-order valence-corrected chi connectivity index (χ2v) is 6.93. The second-order valence-electron chi connectivity index (χ2n) is 4.90. The van der Waals surface area contributed by atoms with Crippen LogP contribution >= 0.6 is 0 Å². The molecule has 0 unspecified atom stereocenters. The number of pyridine rings is 1. The zero-order chi connectivity index (χ0) is 15.3. The van der Waals surface area contributed by atoms with Crippen molar-refractivity contribution in [2.24, 2.45) is 0 Å². The second kappa shape index (κ2) is 7.17. The molecule has 1 aromatic rings. The lowest BCUT2D eigenvalue weighted by Crippen LogP contribution is -2.42. The number of rotatable bonds is 7. The maximum absolute atomic E-state index is 12.4. The molecule has 0 bridgehead atoms. The van der Waals surface area contributed by atoms with Crippen LogP contribution in [0.5, 0.6) is 5.75 Å². The zero-order valence-electron chi connectivity index (χ0n) is 12.3. The van der Waals surface area contributed by atoms with Gasteiger partial charge in [0, 0.05) is 33.4 Å². The van der Waals surface area contributed by atoms with Crippen LogP contribution in [0.4, 0.5) is 0 Å². The Morgan fingerprint density at radius 1 is 1.52 bits per heavy atom. The van der Waals surface area contributed by atoms with Gasteiger partial charge in [0.25, 0.3) is 10.2 Å². The lowest BCUT2D eigenvalue weighted by molar-refractivity contribution is 0.182. The van der Waals surface area contributed by atoms with Crippen molar-refractivity contribution < 1.29 is 17.9 Å². The molecule has 1 aromatic heterocycles. The van der Waals surface area contributed by atoms with Crippen molar-refractivity contribution in [3.63, 3.8) is 0 Å². The number of hydrogen-bond acceptors (Lipinski definition) is 5. The van der Waals surface area contributed by atoms with E-state index in [1.165, 1.54) is 8.61 Å². The van der Waals surface area contributed by atoms with E-state index in [-0.39, 0.29) is 6.10 Å². The predicted octanol–water partition coefficient (Wildman–Crippen LogP) is 0.358. The molecular weight excluding hydrogens is 294 g/mol. The highest BCUT2D eigenvalue weighted by Crippen LogP contribution is 2.20. The van der Waals surface area contributed by atoms with Crippen LogP contribution in [0.3, 0.4) is 0 Å². The van der Waals surface area contributed by atoms with Crippen LogP contribution in [-0.2, 0) is 14.9 Å². The quantitative estimate of drug-likeness (QED) is 0.726. The summed E-state index contributed by atoms with van der Waals surface area (Å²) in [6.45, 7) is 1.53. The smallest absolute Gasteiger partial charge is 0.281 e. The van der Waals surface area contributed by atoms with E-state index in [4.69, 9.17) is 9.47 Å². The largest absolute Gasteiger partial charge is 0.487 e. The number of aromatic nitrogens is 1. The normalized spacial score (nSPS) is 20.0. The van der Waals surface area contributed by atoms with Crippen molar-refractivity contribution in [1.82, 2.24) is 13.6 Å². The van der Waals surface area contributed by atoms with E-state index >= 15 is 0 Å². The molecule has 1 aliphatic heterocycles. The van der Waals surface area contributed by atoms with Crippen molar-refractivity contribution in [2.45, 2.75) is 12.5 Å². The van der Waals surface area contributed by atoms with Crippen molar-refractivity contribution in [3.8, 4) is 5.75 Å². The van der Waals surface area contributed by atoms with E-state index in [0.29, 0.717) is 38.4 Å². The average Bonchev–Trinajstić information content (AvgIpc) is 2.95. The Morgan fingerprint density at radius 2 is 2.33 bits per heavy atom. The number of likely N-dealkylation sites (N-methyl/N-ethyl adjacent to an activating group) is 1. The number of ether oxygens (including phenoxy) is 2. The number of nitrogens with zero attached hydrogens (tertiary/aromatic N) is 3. The number of methoxy groups -OCH3 is 1. The first-order valence-corrected chi connectivity index (χ1v) is 8.21. The first-order chi connectivity index (χ1) is 10.0. The lowest BCUT2D eigenvalue weighted by atomic mass is 10.3. The lowest BCUT2D eigenvalue weighted by Gasteiger charge is -2.23. The summed E-state index contributed by atoms with van der Waals surface area (Å²) >= 11 is 0. The maximum Gasteiger partial charge on any atom is 0.281 e. The summed E-state index contributed by atoms with van der Waals surface area (Å²) in [4.78, 5) is 3.98. The van der Waals surface area contributed by atoms with E-state index < -0.39 is 10.2 Å². The molecule has 0 amide bonds. The van der Waals surface area contributed by atoms with Gasteiger partial charge in [-0.2, -0.15) is 17.0 Å². The average molecular weight is 315 g/mol. The minimum atomic E-state index is -3.45. The minimum Gasteiger partial charge on any atom is -0.487 e. The Morgan fingerprint density at radius 3 is 3.00 bits per heavy atom. The van der Waals surface area contributed by atoms with Crippen LogP contribution in [0.1, 0.15) is 6.42 Å². The molecule has 21 heavy (non-hydrogen) atoms. The Kier molecular flexibility index (Phi) is 5.51. The Balaban J connectivity index is 1.92. The standard InChI is InChI=1S/C13H21N3O4S/c1-15(8-9-19-2)21(17,18)16-7-5-13(11-16)20-12-4-3-6-14-10-12/h3-4,6,10,13H,5,7-9,11H2,1-2H3/t13-/m1/s1. The fourth-order valence-electron chi connectivity index (χ4n) is 2.15. The molecule has 1 atom stereocenters. The van der Waals surface area contributed by atoms with Crippen LogP contribution in [0.2, 0.25) is 0 Å². The molecule has 118 valence electrons. The van der Waals surface area contributed by atoms with E-state index in [9.17, 15) is 8.42 Å². The summed E-state index contributed by atoms with van der Waals surface area (Å²) in [5.41, 5.74) is 0. The third kappa shape index (κ3) is 4.13. The molecule has 1 saturated heterocycles. The minimum absolute atomic E-state index is 0.139. The third-order valence-corrected chi connectivity index (χ3v) is 5.33. The van der Waals surface area contributed by atoms with E-state index in [1.54, 1.807) is 32.6 Å². The summed E-state index contributed by atoms with van der Waals surface area (Å²) in [7, 11) is -0.336. The predicted molar refractivity (Wildman–Crippen MR) is 78.3 cm³/mol. The molecule has 0 radical (unpaired) electrons. The van der Waals surface area contributed by atoms with Gasteiger partial charge in [0.1, 0.15) is 11.9 Å². The van der Waals surface area contributed by atoms with Crippen molar-refractivity contribution in [2.75, 3.05) is 40.4 Å². The van der Waals surface area contributed by atoms with Crippen molar-refractivity contribution >= 4 is 10.2 Å².